The van der Waals surface area contributed by atoms with Gasteiger partial charge < -0.3 is 45.1 Å². The van der Waals surface area contributed by atoms with Crippen LogP contribution in [0.25, 0.3) is 0 Å². The second kappa shape index (κ2) is 65.4. The average molecular weight is 1250 g/mol. The standard InChI is InChI=1S/C78H143NO10/c1-4-7-10-13-16-19-22-25-27-29-31-33-34-35-36-37-39-40-42-44-47-50-53-56-59-62-65-71(82)77(86)79-69(70(81)64-61-58-55-52-49-46-24-21-18-15-12-9-6-3)68-87-78-76(75(85)74(84)72(67-80)88-78)89-73(83)66-63-60-57-54-51-48-45-43-41-38-32-30-28-26-23-20-17-14-11-8-5-2/h17,20,25-28,32,38,61,64,69-72,74-76,78,80-82,84-85H,4-16,18-19,21-24,29-31,33-37,39-60,62-63,65-68H2,1-3H3,(H,79,86)/b20-17-,27-25+,28-26-,38-32-,64-61+. The van der Waals surface area contributed by atoms with Crippen LogP contribution in [0, 0.1) is 0 Å². The van der Waals surface area contributed by atoms with Gasteiger partial charge in [-0.05, 0) is 89.9 Å². The van der Waals surface area contributed by atoms with E-state index in [0.717, 1.165) is 83.5 Å². The zero-order valence-electron chi connectivity index (χ0n) is 58.1. The summed E-state index contributed by atoms with van der Waals surface area (Å²) in [6, 6.07) is -1.03. The summed E-state index contributed by atoms with van der Waals surface area (Å²) >= 11 is 0. The fourth-order valence-electron chi connectivity index (χ4n) is 11.9. The number of carbonyl (C=O) groups excluding carboxylic acids is 2. The van der Waals surface area contributed by atoms with Crippen molar-refractivity contribution in [2.24, 2.45) is 0 Å². The third-order valence-corrected chi connectivity index (χ3v) is 17.9. The topological polar surface area (TPSA) is 175 Å². The molecule has 1 amide bonds. The maximum absolute atomic E-state index is 13.5. The summed E-state index contributed by atoms with van der Waals surface area (Å²) in [7, 11) is 0. The monoisotopic (exact) mass is 1250 g/mol. The van der Waals surface area contributed by atoms with Crippen molar-refractivity contribution in [3.05, 3.63) is 60.8 Å². The first kappa shape index (κ1) is 84.4. The number of hydrogen-bond acceptors (Lipinski definition) is 10. The summed E-state index contributed by atoms with van der Waals surface area (Å²) in [4.78, 5) is 26.7. The van der Waals surface area contributed by atoms with Crippen molar-refractivity contribution in [1.29, 1.82) is 0 Å². The zero-order valence-corrected chi connectivity index (χ0v) is 58.1. The molecule has 11 nitrogen and oxygen atoms in total. The molecule has 520 valence electrons. The first-order chi connectivity index (χ1) is 43.7. The second-order valence-electron chi connectivity index (χ2n) is 26.4. The summed E-state index contributed by atoms with van der Waals surface area (Å²) in [6.45, 7) is 5.81. The molecule has 8 unspecified atom stereocenters. The van der Waals surface area contributed by atoms with Gasteiger partial charge in [-0.25, -0.2) is 0 Å². The van der Waals surface area contributed by atoms with Gasteiger partial charge in [-0.3, -0.25) is 9.59 Å². The summed E-state index contributed by atoms with van der Waals surface area (Å²) in [5, 5.41) is 57.4. The van der Waals surface area contributed by atoms with Crippen LogP contribution in [0.4, 0.5) is 0 Å². The third kappa shape index (κ3) is 52.4. The van der Waals surface area contributed by atoms with E-state index in [0.29, 0.717) is 19.3 Å². The molecular weight excluding hydrogens is 1110 g/mol. The van der Waals surface area contributed by atoms with Gasteiger partial charge in [-0.2, -0.15) is 0 Å². The van der Waals surface area contributed by atoms with Crippen LogP contribution >= 0.6 is 0 Å². The molecule has 1 aliphatic heterocycles. The van der Waals surface area contributed by atoms with Crippen LogP contribution in [0.1, 0.15) is 361 Å². The minimum absolute atomic E-state index is 0.116. The Morgan fingerprint density at radius 3 is 1.19 bits per heavy atom. The predicted molar refractivity (Wildman–Crippen MR) is 375 cm³/mol. The highest BCUT2D eigenvalue weighted by Gasteiger charge is 2.47. The van der Waals surface area contributed by atoms with Crippen LogP contribution < -0.4 is 5.32 Å². The minimum atomic E-state index is -1.62. The van der Waals surface area contributed by atoms with Gasteiger partial charge in [0.05, 0.1) is 25.4 Å². The molecule has 0 spiro atoms. The van der Waals surface area contributed by atoms with E-state index in [1.807, 2.05) is 6.08 Å². The summed E-state index contributed by atoms with van der Waals surface area (Å²) in [5.41, 5.74) is 0. The van der Waals surface area contributed by atoms with Crippen molar-refractivity contribution < 1.29 is 49.3 Å². The number of aliphatic hydroxyl groups is 5. The molecule has 1 fully saturated rings. The van der Waals surface area contributed by atoms with Gasteiger partial charge in [0.1, 0.15) is 24.4 Å². The number of carbonyl (C=O) groups is 2. The number of esters is 1. The quantitative estimate of drug-likeness (QED) is 0.0195. The Bertz CT molecular complexity index is 1680. The predicted octanol–water partition coefficient (Wildman–Crippen LogP) is 20.1. The minimum Gasteiger partial charge on any atom is -0.454 e. The molecule has 8 atom stereocenters. The zero-order chi connectivity index (χ0) is 64.6. The first-order valence-corrected chi connectivity index (χ1v) is 38.1. The van der Waals surface area contributed by atoms with E-state index >= 15 is 0 Å². The molecule has 0 bridgehead atoms. The van der Waals surface area contributed by atoms with Gasteiger partial charge in [0.25, 0.3) is 0 Å². The number of allylic oxidation sites excluding steroid dienone is 9. The van der Waals surface area contributed by atoms with Crippen molar-refractivity contribution in [3.63, 3.8) is 0 Å². The van der Waals surface area contributed by atoms with Crippen LogP contribution in [0.3, 0.4) is 0 Å². The number of unbranched alkanes of at least 4 members (excludes halogenated alkanes) is 44. The second-order valence-corrected chi connectivity index (χ2v) is 26.4. The number of amides is 1. The lowest BCUT2D eigenvalue weighted by atomic mass is 9.99. The van der Waals surface area contributed by atoms with Gasteiger partial charge in [-0.1, -0.05) is 326 Å². The highest BCUT2D eigenvalue weighted by molar-refractivity contribution is 5.80. The highest BCUT2D eigenvalue weighted by Crippen LogP contribution is 2.26. The number of aliphatic hydroxyl groups excluding tert-OH is 5. The molecule has 0 aromatic heterocycles. The van der Waals surface area contributed by atoms with E-state index in [1.165, 1.54) is 231 Å². The SMILES string of the molecule is CCCCC/C=C\C/C=C\C/C=C\CCCCCCCCCCC(=O)OC1C(OCC(NC(=O)C(O)CCCCCCCCCCCCCCCCCC/C=C/CCCCCCCC)C(O)/C=C/CCCCCCCCCCCCC)OC(CO)C(O)C1O. The van der Waals surface area contributed by atoms with Gasteiger partial charge in [0.2, 0.25) is 5.91 Å². The van der Waals surface area contributed by atoms with Crippen LogP contribution in [0.15, 0.2) is 60.8 Å². The first-order valence-electron chi connectivity index (χ1n) is 38.1. The van der Waals surface area contributed by atoms with Gasteiger partial charge >= 0.3 is 5.97 Å². The molecule has 1 saturated heterocycles. The Hall–Kier alpha value is -2.64. The van der Waals surface area contributed by atoms with Crippen molar-refractivity contribution in [3.8, 4) is 0 Å². The van der Waals surface area contributed by atoms with E-state index in [4.69, 9.17) is 14.2 Å². The van der Waals surface area contributed by atoms with Gasteiger partial charge in [0.15, 0.2) is 12.4 Å². The molecule has 0 aromatic carbocycles. The lowest BCUT2D eigenvalue weighted by Gasteiger charge is -2.41. The van der Waals surface area contributed by atoms with Gasteiger partial charge in [-0.15, -0.1) is 0 Å². The number of rotatable bonds is 66. The number of nitrogens with one attached hydrogen (secondary N) is 1. The molecular formula is C78H143NO10. The molecule has 89 heavy (non-hydrogen) atoms. The lowest BCUT2D eigenvalue weighted by Crippen LogP contribution is -2.61. The van der Waals surface area contributed by atoms with Crippen molar-refractivity contribution in [2.45, 2.75) is 410 Å². The van der Waals surface area contributed by atoms with E-state index in [9.17, 15) is 35.1 Å². The lowest BCUT2D eigenvalue weighted by molar-refractivity contribution is -0.305. The van der Waals surface area contributed by atoms with Crippen LogP contribution in [0.5, 0.6) is 0 Å². The Kier molecular flexibility index (Phi) is 62.0. The van der Waals surface area contributed by atoms with Crippen molar-refractivity contribution >= 4 is 11.9 Å². The van der Waals surface area contributed by atoms with Crippen LogP contribution in [-0.2, 0) is 23.8 Å². The van der Waals surface area contributed by atoms with E-state index in [2.05, 4.69) is 74.7 Å². The summed E-state index contributed by atoms with van der Waals surface area (Å²) < 4.78 is 17.7. The molecule has 11 heteroatoms. The normalized spacial score (nSPS) is 18.4. The fourth-order valence-corrected chi connectivity index (χ4v) is 11.9. The Morgan fingerprint density at radius 1 is 0.438 bits per heavy atom. The molecule has 1 heterocycles. The molecule has 1 aliphatic rings. The molecule has 6 N–H and O–H groups in total. The molecule has 1 rings (SSSR count). The number of ether oxygens (including phenoxy) is 3. The van der Waals surface area contributed by atoms with E-state index in [1.54, 1.807) is 6.08 Å². The Balaban J connectivity index is 2.54. The van der Waals surface area contributed by atoms with Crippen LogP contribution in [-0.4, -0.2) is 99.6 Å². The maximum atomic E-state index is 13.5. The highest BCUT2D eigenvalue weighted by atomic mass is 16.7. The molecule has 0 aliphatic carbocycles. The Morgan fingerprint density at radius 2 is 0.775 bits per heavy atom. The van der Waals surface area contributed by atoms with Crippen molar-refractivity contribution in [1.82, 2.24) is 5.32 Å². The average Bonchev–Trinajstić information content (AvgIpc) is 2.24. The summed E-state index contributed by atoms with van der Waals surface area (Å²) in [5.74, 6) is -1.19. The fraction of sp³-hybridized carbons (Fsp3) is 0.846. The smallest absolute Gasteiger partial charge is 0.306 e. The summed E-state index contributed by atoms with van der Waals surface area (Å²) in [6.07, 6.45) is 74.1. The number of hydrogen-bond donors (Lipinski definition) is 6. The van der Waals surface area contributed by atoms with Gasteiger partial charge in [0, 0.05) is 6.42 Å². The molecule has 0 aromatic rings. The van der Waals surface area contributed by atoms with Crippen molar-refractivity contribution in [2.75, 3.05) is 13.2 Å². The Labute approximate surface area is 548 Å². The maximum Gasteiger partial charge on any atom is 0.306 e. The molecule has 0 radical (unpaired) electrons. The van der Waals surface area contributed by atoms with Crippen LogP contribution in [0.2, 0.25) is 0 Å². The van der Waals surface area contributed by atoms with E-state index < -0.39 is 67.4 Å². The molecule has 0 saturated carbocycles. The largest absolute Gasteiger partial charge is 0.454 e. The van der Waals surface area contributed by atoms with E-state index in [-0.39, 0.29) is 13.0 Å². The third-order valence-electron chi connectivity index (χ3n) is 17.9.